The van der Waals surface area contributed by atoms with E-state index in [2.05, 4.69) is 20.4 Å². The van der Waals surface area contributed by atoms with E-state index in [0.717, 1.165) is 17.4 Å². The van der Waals surface area contributed by atoms with E-state index in [1.165, 1.54) is 0 Å². The molecule has 0 radical (unpaired) electrons. The van der Waals surface area contributed by atoms with Gasteiger partial charge in [-0.05, 0) is 18.2 Å². The molecule has 0 bridgehead atoms. The summed E-state index contributed by atoms with van der Waals surface area (Å²) < 4.78 is 7.01. The molecule has 9 heteroatoms. The first-order valence-corrected chi connectivity index (χ1v) is 7.62. The van der Waals surface area contributed by atoms with E-state index in [1.54, 1.807) is 23.9 Å². The van der Waals surface area contributed by atoms with Gasteiger partial charge in [-0.1, -0.05) is 17.8 Å². The van der Waals surface area contributed by atoms with Crippen molar-refractivity contribution in [2.45, 2.75) is 5.16 Å². The number of thioether (sulfide) groups is 1. The Labute approximate surface area is 135 Å². The van der Waals surface area contributed by atoms with Crippen LogP contribution >= 0.6 is 11.8 Å². The molecule has 0 aliphatic carbocycles. The average Bonchev–Trinajstić information content (AvgIpc) is 3.21. The molecule has 0 spiro atoms. The number of carboxylic acids is 1. The number of benzene rings is 1. The molecule has 0 saturated heterocycles. The molecular formula is C14H13N5O3S. The Morgan fingerprint density at radius 3 is 2.96 bits per heavy atom. The number of methoxy groups -OCH3 is 1. The Morgan fingerprint density at radius 1 is 1.39 bits per heavy atom. The fourth-order valence-electron chi connectivity index (χ4n) is 2.03. The second kappa shape index (κ2) is 6.53. The Kier molecular flexibility index (Phi) is 4.29. The second-order valence-electron chi connectivity index (χ2n) is 4.50. The van der Waals surface area contributed by atoms with E-state index in [9.17, 15) is 4.79 Å². The van der Waals surface area contributed by atoms with Gasteiger partial charge in [-0.25, -0.2) is 0 Å². The topological polar surface area (TPSA) is 106 Å². The first-order valence-electron chi connectivity index (χ1n) is 6.63. The zero-order valence-electron chi connectivity index (χ0n) is 12.1. The molecule has 0 aliphatic heterocycles. The van der Waals surface area contributed by atoms with Crippen LogP contribution in [-0.2, 0) is 4.79 Å². The number of rotatable bonds is 6. The fraction of sp³-hybridized carbons (Fsp3) is 0.143. The molecule has 1 aromatic carbocycles. The number of carbonyl (C=O) groups is 1. The molecular weight excluding hydrogens is 318 g/mol. The van der Waals surface area contributed by atoms with Crippen molar-refractivity contribution in [3.63, 3.8) is 0 Å². The van der Waals surface area contributed by atoms with Gasteiger partial charge in [0.05, 0.1) is 18.6 Å². The van der Waals surface area contributed by atoms with E-state index < -0.39 is 5.97 Å². The summed E-state index contributed by atoms with van der Waals surface area (Å²) in [4.78, 5) is 10.8. The van der Waals surface area contributed by atoms with Crippen LogP contribution in [-0.4, -0.2) is 48.9 Å². The van der Waals surface area contributed by atoms with Crippen molar-refractivity contribution in [3.05, 3.63) is 36.5 Å². The van der Waals surface area contributed by atoms with E-state index in [4.69, 9.17) is 9.84 Å². The molecule has 118 valence electrons. The van der Waals surface area contributed by atoms with Gasteiger partial charge >= 0.3 is 5.97 Å². The van der Waals surface area contributed by atoms with Crippen molar-refractivity contribution >= 4 is 17.7 Å². The van der Waals surface area contributed by atoms with Crippen LogP contribution < -0.4 is 4.74 Å². The van der Waals surface area contributed by atoms with Gasteiger partial charge in [0.25, 0.3) is 0 Å². The number of carboxylic acid groups (broad SMARTS) is 1. The normalized spacial score (nSPS) is 10.7. The first kappa shape index (κ1) is 15.1. The number of ether oxygens (including phenoxy) is 1. The minimum Gasteiger partial charge on any atom is -0.497 e. The maximum absolute atomic E-state index is 10.8. The van der Waals surface area contributed by atoms with Crippen molar-refractivity contribution in [1.29, 1.82) is 0 Å². The van der Waals surface area contributed by atoms with Crippen LogP contribution in [0.4, 0.5) is 0 Å². The lowest BCUT2D eigenvalue weighted by Crippen LogP contribution is -2.03. The highest BCUT2D eigenvalue weighted by atomic mass is 32.2. The van der Waals surface area contributed by atoms with E-state index in [0.29, 0.717) is 22.4 Å². The number of H-pyrrole nitrogens is 1. The summed E-state index contributed by atoms with van der Waals surface area (Å²) in [6, 6.07) is 9.14. The zero-order chi connectivity index (χ0) is 16.2. The maximum atomic E-state index is 10.8. The highest BCUT2D eigenvalue weighted by Gasteiger charge is 2.18. The lowest BCUT2D eigenvalue weighted by atomic mass is 10.3. The largest absolute Gasteiger partial charge is 0.497 e. The smallest absolute Gasteiger partial charge is 0.313 e. The maximum Gasteiger partial charge on any atom is 0.313 e. The van der Waals surface area contributed by atoms with Crippen molar-refractivity contribution in [1.82, 2.24) is 25.0 Å². The monoisotopic (exact) mass is 331 g/mol. The summed E-state index contributed by atoms with van der Waals surface area (Å²) in [5, 5.41) is 24.4. The number of nitrogens with zero attached hydrogens (tertiary/aromatic N) is 4. The molecule has 23 heavy (non-hydrogen) atoms. The lowest BCUT2D eigenvalue weighted by molar-refractivity contribution is -0.133. The van der Waals surface area contributed by atoms with Gasteiger partial charge in [0.2, 0.25) is 0 Å². The summed E-state index contributed by atoms with van der Waals surface area (Å²) in [7, 11) is 1.58. The second-order valence-corrected chi connectivity index (χ2v) is 5.44. The van der Waals surface area contributed by atoms with Gasteiger partial charge in [-0.15, -0.1) is 10.2 Å². The van der Waals surface area contributed by atoms with Gasteiger partial charge in [0, 0.05) is 12.3 Å². The van der Waals surface area contributed by atoms with Crippen molar-refractivity contribution in [2.75, 3.05) is 12.9 Å². The standard InChI is InChI=1S/C14H13N5O3S/c1-22-10-4-2-3-9(7-10)19-13(11-5-6-15-16-11)17-18-14(19)23-8-12(20)21/h2-7H,8H2,1H3,(H,15,16)(H,20,21). The first-order chi connectivity index (χ1) is 11.2. The van der Waals surface area contributed by atoms with E-state index in [1.807, 2.05) is 24.3 Å². The van der Waals surface area contributed by atoms with Crippen LogP contribution in [0.2, 0.25) is 0 Å². The third-order valence-corrected chi connectivity index (χ3v) is 3.92. The number of hydrogen-bond donors (Lipinski definition) is 2. The average molecular weight is 331 g/mol. The van der Waals surface area contributed by atoms with Crippen LogP contribution in [0.3, 0.4) is 0 Å². The number of nitrogens with one attached hydrogen (secondary N) is 1. The molecule has 3 rings (SSSR count). The minimum atomic E-state index is -0.918. The third-order valence-electron chi connectivity index (χ3n) is 3.01. The van der Waals surface area contributed by atoms with Gasteiger partial charge in [0.15, 0.2) is 11.0 Å². The van der Waals surface area contributed by atoms with Crippen LogP contribution in [0.1, 0.15) is 0 Å². The molecule has 2 heterocycles. The Balaban J connectivity index is 2.10. The highest BCUT2D eigenvalue weighted by molar-refractivity contribution is 7.99. The van der Waals surface area contributed by atoms with Crippen LogP contribution in [0.5, 0.6) is 5.75 Å². The summed E-state index contributed by atoms with van der Waals surface area (Å²) in [6.07, 6.45) is 1.62. The number of hydrogen-bond acceptors (Lipinski definition) is 6. The van der Waals surface area contributed by atoms with Crippen molar-refractivity contribution in [3.8, 4) is 23.0 Å². The molecule has 0 fully saturated rings. The Bertz CT molecular complexity index is 816. The number of aromatic nitrogens is 5. The SMILES string of the molecule is COc1cccc(-n2c(SCC(=O)O)nnc2-c2ccn[nH]2)c1. The molecule has 0 saturated carbocycles. The van der Waals surface area contributed by atoms with Gasteiger partial charge < -0.3 is 9.84 Å². The van der Waals surface area contributed by atoms with E-state index >= 15 is 0 Å². The molecule has 0 aliphatic rings. The number of aliphatic carboxylic acids is 1. The Morgan fingerprint density at radius 2 is 2.26 bits per heavy atom. The van der Waals surface area contributed by atoms with Crippen molar-refractivity contribution in [2.24, 2.45) is 0 Å². The van der Waals surface area contributed by atoms with Crippen LogP contribution in [0.15, 0.2) is 41.7 Å². The molecule has 2 aromatic heterocycles. The molecule has 8 nitrogen and oxygen atoms in total. The molecule has 0 atom stereocenters. The predicted octanol–water partition coefficient (Wildman–Crippen LogP) is 1.84. The molecule has 0 amide bonds. The fourth-order valence-corrected chi connectivity index (χ4v) is 2.70. The quantitative estimate of drug-likeness (QED) is 0.664. The van der Waals surface area contributed by atoms with Crippen LogP contribution in [0.25, 0.3) is 17.2 Å². The third kappa shape index (κ3) is 3.19. The van der Waals surface area contributed by atoms with Crippen LogP contribution in [0, 0.1) is 0 Å². The minimum absolute atomic E-state index is 0.106. The predicted molar refractivity (Wildman–Crippen MR) is 83.9 cm³/mol. The summed E-state index contributed by atoms with van der Waals surface area (Å²) >= 11 is 1.10. The van der Waals surface area contributed by atoms with Gasteiger partial charge in [-0.2, -0.15) is 5.10 Å². The molecule has 3 aromatic rings. The van der Waals surface area contributed by atoms with E-state index in [-0.39, 0.29) is 5.75 Å². The molecule has 0 unspecified atom stereocenters. The zero-order valence-corrected chi connectivity index (χ0v) is 12.9. The lowest BCUT2D eigenvalue weighted by Gasteiger charge is -2.10. The van der Waals surface area contributed by atoms with Gasteiger partial charge in [0.1, 0.15) is 11.4 Å². The van der Waals surface area contributed by atoms with Crippen molar-refractivity contribution < 1.29 is 14.6 Å². The summed E-state index contributed by atoms with van der Waals surface area (Å²) in [5.41, 5.74) is 1.45. The highest BCUT2D eigenvalue weighted by Crippen LogP contribution is 2.28. The Hall–Kier alpha value is -2.81. The number of aromatic amines is 1. The van der Waals surface area contributed by atoms with Gasteiger partial charge in [-0.3, -0.25) is 14.5 Å². The summed E-state index contributed by atoms with van der Waals surface area (Å²) in [5.74, 6) is 0.202. The molecule has 2 N–H and O–H groups in total. The summed E-state index contributed by atoms with van der Waals surface area (Å²) in [6.45, 7) is 0.